The van der Waals surface area contributed by atoms with E-state index in [0.29, 0.717) is 0 Å². The van der Waals surface area contributed by atoms with Crippen molar-refractivity contribution in [1.82, 2.24) is 0 Å². The molecule has 0 aliphatic rings. The van der Waals surface area contributed by atoms with Crippen LogP contribution in [-0.2, 0) is 4.79 Å². The van der Waals surface area contributed by atoms with Crippen LogP contribution in [0.3, 0.4) is 0 Å². The van der Waals surface area contributed by atoms with E-state index in [1.54, 1.807) is 13.0 Å². The number of hydrogen-bond acceptors (Lipinski definition) is 2. The van der Waals surface area contributed by atoms with Gasteiger partial charge in [0.25, 0.3) is 0 Å². The molecule has 0 heterocycles. The Morgan fingerprint density at radius 3 is 2.29 bits per heavy atom. The lowest BCUT2D eigenvalue weighted by Gasteiger charge is -2.00. The normalized spacial score (nSPS) is 10.7. The number of aliphatic hydroxyl groups excluding tert-OH is 1. The van der Waals surface area contributed by atoms with Crippen molar-refractivity contribution < 1.29 is 15.0 Å². The predicted molar refractivity (Wildman–Crippen MR) is 58.2 cm³/mol. The van der Waals surface area contributed by atoms with E-state index in [1.807, 2.05) is 6.08 Å². The molecule has 0 rings (SSSR count). The Morgan fingerprint density at radius 1 is 1.50 bits per heavy atom. The fourth-order valence-electron chi connectivity index (χ4n) is 0.589. The van der Waals surface area contributed by atoms with Crippen molar-refractivity contribution in [3.05, 3.63) is 25.3 Å². The number of hydrogen-bond donors (Lipinski definition) is 2. The third kappa shape index (κ3) is 17.1. The van der Waals surface area contributed by atoms with Crippen LogP contribution < -0.4 is 0 Å². The zero-order valence-corrected chi connectivity index (χ0v) is 8.78. The molecule has 1 unspecified atom stereocenters. The van der Waals surface area contributed by atoms with Crippen molar-refractivity contribution in [2.24, 2.45) is 0 Å². The number of rotatable bonds is 6. The van der Waals surface area contributed by atoms with Crippen LogP contribution in [0.5, 0.6) is 0 Å². The number of aliphatic carboxylic acids is 1. The zero-order valence-electron chi connectivity index (χ0n) is 8.78. The van der Waals surface area contributed by atoms with Gasteiger partial charge in [-0.05, 0) is 19.3 Å². The highest BCUT2D eigenvalue weighted by molar-refractivity contribution is 5.66. The summed E-state index contributed by atoms with van der Waals surface area (Å²) in [5, 5.41) is 16.7. The van der Waals surface area contributed by atoms with Gasteiger partial charge in [-0.2, -0.15) is 0 Å². The van der Waals surface area contributed by atoms with Crippen molar-refractivity contribution in [2.45, 2.75) is 38.7 Å². The molecule has 2 N–H and O–H groups in total. The average Bonchev–Trinajstić information content (AvgIpc) is 2.19. The summed E-state index contributed by atoms with van der Waals surface area (Å²) in [6, 6.07) is 0. The Morgan fingerprint density at radius 2 is 2.00 bits per heavy atom. The molecule has 0 aromatic heterocycles. The minimum Gasteiger partial charge on any atom is -0.481 e. The van der Waals surface area contributed by atoms with E-state index in [0.717, 1.165) is 19.3 Å². The second-order valence-corrected chi connectivity index (χ2v) is 2.77. The van der Waals surface area contributed by atoms with Gasteiger partial charge in [-0.1, -0.05) is 19.1 Å². The Labute approximate surface area is 85.8 Å². The largest absolute Gasteiger partial charge is 0.481 e. The molecular formula is C11H20O3. The highest BCUT2D eigenvalue weighted by Crippen LogP contribution is 2.00. The molecule has 0 fully saturated rings. The van der Waals surface area contributed by atoms with Crippen LogP contribution in [0.25, 0.3) is 0 Å². The lowest BCUT2D eigenvalue weighted by Crippen LogP contribution is -1.99. The summed E-state index contributed by atoms with van der Waals surface area (Å²) in [5.41, 5.74) is 0. The summed E-state index contributed by atoms with van der Waals surface area (Å²) < 4.78 is 0. The molecule has 82 valence electrons. The molecule has 0 aliphatic carbocycles. The Kier molecular flexibility index (Phi) is 13.1. The second kappa shape index (κ2) is 11.9. The highest BCUT2D eigenvalue weighted by Gasteiger charge is 1.94. The van der Waals surface area contributed by atoms with E-state index >= 15 is 0 Å². The lowest BCUT2D eigenvalue weighted by atomic mass is 10.1. The molecule has 0 spiro atoms. The number of carbonyl (C=O) groups is 1. The summed E-state index contributed by atoms with van der Waals surface area (Å²) in [6.45, 7) is 8.64. The van der Waals surface area contributed by atoms with Gasteiger partial charge < -0.3 is 10.2 Å². The fourth-order valence-corrected chi connectivity index (χ4v) is 0.589. The van der Waals surface area contributed by atoms with Crippen molar-refractivity contribution in [3.8, 4) is 0 Å². The van der Waals surface area contributed by atoms with Crippen molar-refractivity contribution in [3.63, 3.8) is 0 Å². The van der Waals surface area contributed by atoms with Gasteiger partial charge in [-0.25, -0.2) is 0 Å². The second-order valence-electron chi connectivity index (χ2n) is 2.77. The third-order valence-corrected chi connectivity index (χ3v) is 1.48. The Bertz CT molecular complexity index is 164. The molecule has 0 bridgehead atoms. The minimum atomic E-state index is -0.745. The van der Waals surface area contributed by atoms with Crippen LogP contribution in [0, 0.1) is 0 Å². The molecule has 0 amide bonds. The molecule has 0 aromatic carbocycles. The van der Waals surface area contributed by atoms with E-state index in [2.05, 4.69) is 13.2 Å². The molecule has 3 nitrogen and oxygen atoms in total. The van der Waals surface area contributed by atoms with Crippen LogP contribution in [0.2, 0.25) is 0 Å². The summed E-state index contributed by atoms with van der Waals surface area (Å²) in [6.07, 6.45) is 6.08. The molecular weight excluding hydrogens is 180 g/mol. The maximum atomic E-state index is 9.37. The van der Waals surface area contributed by atoms with E-state index in [9.17, 15) is 4.79 Å². The lowest BCUT2D eigenvalue weighted by molar-refractivity contribution is -0.136. The van der Waals surface area contributed by atoms with Crippen molar-refractivity contribution in [1.29, 1.82) is 0 Å². The number of unbranched alkanes of at least 4 members (excludes halogenated alkanes) is 1. The Hall–Kier alpha value is -1.09. The average molecular weight is 200 g/mol. The summed E-state index contributed by atoms with van der Waals surface area (Å²) in [7, 11) is 0. The summed E-state index contributed by atoms with van der Waals surface area (Å²) >= 11 is 0. The summed E-state index contributed by atoms with van der Waals surface area (Å²) in [5.74, 6) is -0.745. The van der Waals surface area contributed by atoms with Gasteiger partial charge in [0.05, 0.1) is 6.10 Å². The molecule has 0 aromatic rings. The van der Waals surface area contributed by atoms with Gasteiger partial charge in [0, 0.05) is 6.42 Å². The van der Waals surface area contributed by atoms with E-state index in [-0.39, 0.29) is 12.5 Å². The maximum Gasteiger partial charge on any atom is 0.303 e. The highest BCUT2D eigenvalue weighted by atomic mass is 16.4. The van der Waals surface area contributed by atoms with Gasteiger partial charge >= 0.3 is 5.97 Å². The van der Waals surface area contributed by atoms with E-state index in [4.69, 9.17) is 10.2 Å². The van der Waals surface area contributed by atoms with Crippen LogP contribution in [-0.4, -0.2) is 22.3 Å². The SMILES string of the molecule is C=CCCCC(O)C=C.CCC(=O)O. The quantitative estimate of drug-likeness (QED) is 0.511. The number of allylic oxidation sites excluding steroid dienone is 1. The first-order valence-electron chi connectivity index (χ1n) is 4.71. The molecule has 0 saturated carbocycles. The number of aliphatic hydroxyl groups is 1. The molecule has 0 aliphatic heterocycles. The van der Waals surface area contributed by atoms with Crippen molar-refractivity contribution >= 4 is 5.97 Å². The summed E-state index contributed by atoms with van der Waals surface area (Å²) in [4.78, 5) is 9.37. The van der Waals surface area contributed by atoms with Crippen LogP contribution in [0.1, 0.15) is 32.6 Å². The third-order valence-electron chi connectivity index (χ3n) is 1.48. The van der Waals surface area contributed by atoms with E-state index in [1.165, 1.54) is 0 Å². The number of carboxylic acid groups (broad SMARTS) is 1. The molecule has 0 saturated heterocycles. The van der Waals surface area contributed by atoms with E-state index < -0.39 is 5.97 Å². The Balaban J connectivity index is 0. The van der Waals surface area contributed by atoms with Crippen LogP contribution >= 0.6 is 0 Å². The molecule has 3 heteroatoms. The molecule has 14 heavy (non-hydrogen) atoms. The van der Waals surface area contributed by atoms with Gasteiger partial charge in [0.1, 0.15) is 0 Å². The minimum absolute atomic E-state index is 0.222. The molecule has 0 radical (unpaired) electrons. The van der Waals surface area contributed by atoms with Crippen LogP contribution in [0.4, 0.5) is 0 Å². The van der Waals surface area contributed by atoms with Crippen molar-refractivity contribution in [2.75, 3.05) is 0 Å². The van der Waals surface area contributed by atoms with Gasteiger partial charge in [0.2, 0.25) is 0 Å². The van der Waals surface area contributed by atoms with Gasteiger partial charge in [-0.3, -0.25) is 4.79 Å². The first-order chi connectivity index (χ1) is 6.58. The fraction of sp³-hybridized carbons (Fsp3) is 0.545. The monoisotopic (exact) mass is 200 g/mol. The van der Waals surface area contributed by atoms with Gasteiger partial charge in [0.15, 0.2) is 0 Å². The smallest absolute Gasteiger partial charge is 0.303 e. The number of carboxylic acids is 1. The van der Waals surface area contributed by atoms with Gasteiger partial charge in [-0.15, -0.1) is 13.2 Å². The zero-order chi connectivity index (χ0) is 11.4. The predicted octanol–water partition coefficient (Wildman–Crippen LogP) is 2.37. The molecule has 1 atom stereocenters. The topological polar surface area (TPSA) is 57.5 Å². The van der Waals surface area contributed by atoms with Crippen LogP contribution in [0.15, 0.2) is 25.3 Å². The maximum absolute atomic E-state index is 9.37. The first kappa shape index (κ1) is 15.4. The first-order valence-corrected chi connectivity index (χ1v) is 4.71. The standard InChI is InChI=1S/C8H14O.C3H6O2/c1-3-5-6-7-8(9)4-2;1-2-3(4)5/h3-4,8-9H,1-2,5-7H2;2H2,1H3,(H,4,5).